The van der Waals surface area contributed by atoms with Crippen molar-refractivity contribution in [1.29, 1.82) is 0 Å². The Morgan fingerprint density at radius 1 is 0.871 bits per heavy atom. The van der Waals surface area contributed by atoms with E-state index in [1.54, 1.807) is 17.7 Å². The monoisotopic (exact) mass is 443 g/mol. The van der Waals surface area contributed by atoms with E-state index in [9.17, 15) is 0 Å². The lowest BCUT2D eigenvalue weighted by Gasteiger charge is -2.09. The maximum Gasteiger partial charge on any atom is 0.142 e. The minimum absolute atomic E-state index is 0.494. The number of fused-ring (bicyclic) bond motifs is 1. The van der Waals surface area contributed by atoms with E-state index in [4.69, 9.17) is 16.3 Å². The fraction of sp³-hybridized carbons (Fsp3) is 0.0400. The van der Waals surface area contributed by atoms with E-state index in [1.165, 1.54) is 10.4 Å². The summed E-state index contributed by atoms with van der Waals surface area (Å²) in [6.07, 6.45) is 1.60. The molecule has 2 heterocycles. The standard InChI is InChI=1S/C25H18ClN3OS/c26-19-8-6-17(7-9-19)15-30-21-12-10-20(11-13-21)29-24-22-14-23(18-4-2-1-3-5-18)31-25(22)28-16-27-24/h1-14,16H,15H2,(H,27,28,29). The van der Waals surface area contributed by atoms with Crippen molar-refractivity contribution in [2.75, 3.05) is 5.32 Å². The van der Waals surface area contributed by atoms with Crippen molar-refractivity contribution in [2.24, 2.45) is 0 Å². The molecule has 0 aliphatic heterocycles. The van der Waals surface area contributed by atoms with Crippen LogP contribution in [0.2, 0.25) is 5.02 Å². The first kappa shape index (κ1) is 19.5. The Kier molecular flexibility index (Phi) is 5.52. The number of nitrogens with zero attached hydrogens (tertiary/aromatic N) is 2. The molecule has 0 atom stereocenters. The summed E-state index contributed by atoms with van der Waals surface area (Å²) in [5, 5.41) is 5.13. The molecule has 0 saturated carbocycles. The molecule has 2 aromatic heterocycles. The van der Waals surface area contributed by atoms with Crippen molar-refractivity contribution in [1.82, 2.24) is 9.97 Å². The van der Waals surface area contributed by atoms with Gasteiger partial charge >= 0.3 is 0 Å². The van der Waals surface area contributed by atoms with Crippen molar-refractivity contribution in [3.05, 3.63) is 102 Å². The zero-order valence-corrected chi connectivity index (χ0v) is 18.0. The number of thiophene rings is 1. The molecule has 0 aliphatic rings. The van der Waals surface area contributed by atoms with Crippen LogP contribution in [0.25, 0.3) is 20.7 Å². The molecular formula is C25H18ClN3OS. The van der Waals surface area contributed by atoms with Gasteiger partial charge in [-0.1, -0.05) is 54.1 Å². The highest BCUT2D eigenvalue weighted by molar-refractivity contribution is 7.21. The van der Waals surface area contributed by atoms with Crippen LogP contribution in [0.4, 0.5) is 11.5 Å². The van der Waals surface area contributed by atoms with Gasteiger partial charge in [-0.3, -0.25) is 0 Å². The van der Waals surface area contributed by atoms with Crippen LogP contribution in [0.15, 0.2) is 91.3 Å². The first-order valence-electron chi connectivity index (χ1n) is 9.79. The molecule has 0 unspecified atom stereocenters. The highest BCUT2D eigenvalue weighted by Gasteiger charge is 2.10. The number of halogens is 1. The Morgan fingerprint density at radius 3 is 2.42 bits per heavy atom. The summed E-state index contributed by atoms with van der Waals surface area (Å²) >= 11 is 7.59. The van der Waals surface area contributed by atoms with Gasteiger partial charge in [0, 0.05) is 15.6 Å². The zero-order valence-electron chi connectivity index (χ0n) is 16.5. The van der Waals surface area contributed by atoms with Crippen LogP contribution < -0.4 is 10.1 Å². The number of ether oxygens (including phenoxy) is 1. The first-order valence-corrected chi connectivity index (χ1v) is 11.0. The number of hydrogen-bond acceptors (Lipinski definition) is 5. The summed E-state index contributed by atoms with van der Waals surface area (Å²) < 4.78 is 5.86. The number of rotatable bonds is 6. The number of nitrogens with one attached hydrogen (secondary N) is 1. The van der Waals surface area contributed by atoms with E-state index in [0.29, 0.717) is 6.61 Å². The molecule has 5 aromatic rings. The molecule has 0 amide bonds. The summed E-state index contributed by atoms with van der Waals surface area (Å²) in [5.41, 5.74) is 3.19. The van der Waals surface area contributed by atoms with Crippen LogP contribution in [0.3, 0.4) is 0 Å². The number of hydrogen-bond donors (Lipinski definition) is 1. The zero-order chi connectivity index (χ0) is 21.0. The van der Waals surface area contributed by atoms with Gasteiger partial charge in [-0.25, -0.2) is 9.97 Å². The third-order valence-corrected chi connectivity index (χ3v) is 6.17. The van der Waals surface area contributed by atoms with Crippen LogP contribution in [-0.2, 0) is 6.61 Å². The van der Waals surface area contributed by atoms with Gasteiger partial charge in [-0.2, -0.15) is 0 Å². The van der Waals surface area contributed by atoms with E-state index < -0.39 is 0 Å². The second-order valence-corrected chi connectivity index (χ2v) is 8.45. The average Bonchev–Trinajstić information content (AvgIpc) is 3.26. The van der Waals surface area contributed by atoms with E-state index in [1.807, 2.05) is 66.7 Å². The largest absolute Gasteiger partial charge is 0.489 e. The topological polar surface area (TPSA) is 47.0 Å². The van der Waals surface area contributed by atoms with E-state index in [-0.39, 0.29) is 0 Å². The van der Waals surface area contributed by atoms with E-state index in [0.717, 1.165) is 38.1 Å². The smallest absolute Gasteiger partial charge is 0.142 e. The lowest BCUT2D eigenvalue weighted by Crippen LogP contribution is -1.97. The number of aromatic nitrogens is 2. The van der Waals surface area contributed by atoms with Crippen molar-refractivity contribution in [2.45, 2.75) is 6.61 Å². The highest BCUT2D eigenvalue weighted by atomic mass is 35.5. The Labute approximate surface area is 189 Å². The average molecular weight is 444 g/mol. The first-order chi connectivity index (χ1) is 15.2. The molecule has 4 nitrogen and oxygen atoms in total. The van der Waals surface area contributed by atoms with Gasteiger partial charge in [-0.15, -0.1) is 11.3 Å². The van der Waals surface area contributed by atoms with Crippen molar-refractivity contribution in [3.8, 4) is 16.2 Å². The molecule has 0 bridgehead atoms. The molecular weight excluding hydrogens is 426 g/mol. The van der Waals surface area contributed by atoms with Crippen LogP contribution >= 0.6 is 22.9 Å². The third-order valence-electron chi connectivity index (χ3n) is 4.82. The van der Waals surface area contributed by atoms with Gasteiger partial charge in [0.05, 0.1) is 5.39 Å². The fourth-order valence-corrected chi connectivity index (χ4v) is 4.35. The molecule has 0 fully saturated rings. The molecule has 3 aromatic carbocycles. The summed E-state index contributed by atoms with van der Waals surface area (Å²) in [5.74, 6) is 1.59. The minimum Gasteiger partial charge on any atom is -0.489 e. The Morgan fingerprint density at radius 2 is 1.65 bits per heavy atom. The quantitative estimate of drug-likeness (QED) is 0.298. The summed E-state index contributed by atoms with van der Waals surface area (Å²) in [4.78, 5) is 11.0. The lowest BCUT2D eigenvalue weighted by molar-refractivity contribution is 0.306. The summed E-state index contributed by atoms with van der Waals surface area (Å²) in [6, 6.07) is 28.0. The van der Waals surface area contributed by atoms with Crippen LogP contribution in [0.5, 0.6) is 5.75 Å². The predicted octanol–water partition coefficient (Wildman–Crippen LogP) is 7.33. The van der Waals surface area contributed by atoms with Crippen molar-refractivity contribution < 1.29 is 4.74 Å². The van der Waals surface area contributed by atoms with Crippen molar-refractivity contribution >= 4 is 44.7 Å². The van der Waals surface area contributed by atoms with Crippen molar-refractivity contribution in [3.63, 3.8) is 0 Å². The van der Waals surface area contributed by atoms with Gasteiger partial charge < -0.3 is 10.1 Å². The molecule has 1 N–H and O–H groups in total. The van der Waals surface area contributed by atoms with E-state index >= 15 is 0 Å². The number of benzene rings is 3. The minimum atomic E-state index is 0.494. The fourth-order valence-electron chi connectivity index (χ4n) is 3.22. The van der Waals surface area contributed by atoms with Crippen LogP contribution in [0, 0.1) is 0 Å². The van der Waals surface area contributed by atoms with Gasteiger partial charge in [0.15, 0.2) is 0 Å². The molecule has 0 saturated heterocycles. The van der Waals surface area contributed by atoms with Gasteiger partial charge in [0.1, 0.15) is 29.3 Å². The normalized spacial score (nSPS) is 10.9. The second-order valence-electron chi connectivity index (χ2n) is 6.98. The predicted molar refractivity (Wildman–Crippen MR) is 128 cm³/mol. The van der Waals surface area contributed by atoms with Gasteiger partial charge in [-0.05, 0) is 53.6 Å². The molecule has 152 valence electrons. The summed E-state index contributed by atoms with van der Waals surface area (Å²) in [7, 11) is 0. The maximum absolute atomic E-state index is 5.93. The van der Waals surface area contributed by atoms with Crippen LogP contribution in [-0.4, -0.2) is 9.97 Å². The summed E-state index contributed by atoms with van der Waals surface area (Å²) in [6.45, 7) is 0.494. The molecule has 6 heteroatoms. The van der Waals surface area contributed by atoms with Gasteiger partial charge in [0.25, 0.3) is 0 Å². The third kappa shape index (κ3) is 4.53. The Balaban J connectivity index is 1.31. The van der Waals surface area contributed by atoms with E-state index in [2.05, 4.69) is 33.5 Å². The Bertz CT molecular complexity index is 1300. The second kappa shape index (κ2) is 8.76. The SMILES string of the molecule is Clc1ccc(COc2ccc(Nc3ncnc4sc(-c5ccccc5)cc34)cc2)cc1. The Hall–Kier alpha value is -3.41. The highest BCUT2D eigenvalue weighted by Crippen LogP contribution is 2.35. The molecule has 0 radical (unpaired) electrons. The molecule has 31 heavy (non-hydrogen) atoms. The number of anilines is 2. The molecule has 5 rings (SSSR count). The maximum atomic E-state index is 5.93. The van der Waals surface area contributed by atoms with Crippen LogP contribution in [0.1, 0.15) is 5.56 Å². The van der Waals surface area contributed by atoms with Gasteiger partial charge in [0.2, 0.25) is 0 Å². The molecule has 0 aliphatic carbocycles. The lowest BCUT2D eigenvalue weighted by atomic mass is 10.2. The molecule has 0 spiro atoms.